The molecule has 1 atom stereocenters. The molecule has 0 unspecified atom stereocenters. The Balaban J connectivity index is 1.45. The number of piperidine rings is 1. The number of aromatic nitrogens is 4. The van der Waals surface area contributed by atoms with Gasteiger partial charge in [0.25, 0.3) is 11.7 Å². The minimum absolute atomic E-state index is 0.204. The van der Waals surface area contributed by atoms with Crippen molar-refractivity contribution in [2.75, 3.05) is 19.7 Å². The third kappa shape index (κ3) is 2.81. The Morgan fingerprint density at radius 3 is 2.96 bits per heavy atom. The number of carbonyl (C=O) groups excluding carboxylic acids is 1. The zero-order chi connectivity index (χ0) is 19.3. The van der Waals surface area contributed by atoms with Crippen LogP contribution in [0.2, 0.25) is 0 Å². The molecule has 3 aromatic heterocycles. The van der Waals surface area contributed by atoms with E-state index in [0.29, 0.717) is 25.5 Å². The van der Waals surface area contributed by atoms with Crippen molar-refractivity contribution in [2.24, 2.45) is 0 Å². The minimum Gasteiger partial charge on any atom is -0.384 e. The molecule has 5 rings (SSSR count). The van der Waals surface area contributed by atoms with Crippen molar-refractivity contribution in [1.82, 2.24) is 24.5 Å². The smallest absolute Gasteiger partial charge is 0.252 e. The standard InChI is InChI=1S/C19H21N5O3S/c1-12(25)17(26)23-5-3-19(4-6-23)16-13(2-7-27-19)8-15(28-16)14-9-20-18-21-11-22-24(18)10-14/h8-12,25H,2-7H2,1H3/t12-/m1/s1. The Morgan fingerprint density at radius 1 is 1.36 bits per heavy atom. The number of nitrogens with zero attached hydrogens (tertiary/aromatic N) is 5. The van der Waals surface area contributed by atoms with E-state index in [2.05, 4.69) is 21.1 Å². The van der Waals surface area contributed by atoms with Crippen molar-refractivity contribution in [2.45, 2.75) is 37.9 Å². The second-order valence-electron chi connectivity index (χ2n) is 7.41. The fraction of sp³-hybridized carbons (Fsp3) is 0.474. The highest BCUT2D eigenvalue weighted by molar-refractivity contribution is 7.15. The molecular weight excluding hydrogens is 378 g/mol. The predicted molar refractivity (Wildman–Crippen MR) is 103 cm³/mol. The number of thiophene rings is 1. The summed E-state index contributed by atoms with van der Waals surface area (Å²) in [5, 5.41) is 13.8. The van der Waals surface area contributed by atoms with Crippen LogP contribution in [0.5, 0.6) is 0 Å². The topological polar surface area (TPSA) is 92.8 Å². The van der Waals surface area contributed by atoms with E-state index < -0.39 is 6.10 Å². The molecule has 5 heterocycles. The Bertz CT molecular complexity index is 1040. The summed E-state index contributed by atoms with van der Waals surface area (Å²) in [6.07, 6.45) is 6.71. The molecule has 2 aliphatic heterocycles. The molecule has 0 aromatic carbocycles. The maximum Gasteiger partial charge on any atom is 0.252 e. The summed E-state index contributed by atoms with van der Waals surface area (Å²) < 4.78 is 7.98. The lowest BCUT2D eigenvalue weighted by atomic mass is 9.85. The van der Waals surface area contributed by atoms with Gasteiger partial charge in [-0.25, -0.2) is 9.50 Å². The average Bonchev–Trinajstić information content (AvgIpc) is 3.35. The molecule has 1 fully saturated rings. The van der Waals surface area contributed by atoms with Gasteiger partial charge in [-0.15, -0.1) is 11.3 Å². The third-order valence-corrected chi connectivity index (χ3v) is 7.04. The fourth-order valence-corrected chi connectivity index (χ4v) is 5.52. The Morgan fingerprint density at radius 2 is 2.18 bits per heavy atom. The SMILES string of the molecule is C[C@@H](O)C(=O)N1CCC2(CC1)OCCc1cc(-c3cnc4ncnn4c3)sc12. The van der Waals surface area contributed by atoms with E-state index in [-0.39, 0.29) is 11.5 Å². The van der Waals surface area contributed by atoms with Crippen LogP contribution in [-0.2, 0) is 21.6 Å². The number of ether oxygens (including phenoxy) is 1. The van der Waals surface area contributed by atoms with Crippen molar-refractivity contribution in [3.05, 3.63) is 35.2 Å². The first-order chi connectivity index (χ1) is 13.6. The van der Waals surface area contributed by atoms with Gasteiger partial charge in [-0.3, -0.25) is 4.79 Å². The zero-order valence-corrected chi connectivity index (χ0v) is 16.4. The molecule has 1 saturated heterocycles. The molecule has 8 nitrogen and oxygen atoms in total. The largest absolute Gasteiger partial charge is 0.384 e. The van der Waals surface area contributed by atoms with E-state index in [1.54, 1.807) is 20.8 Å². The lowest BCUT2D eigenvalue weighted by molar-refractivity contribution is -0.147. The summed E-state index contributed by atoms with van der Waals surface area (Å²) in [5.74, 6) is 0.380. The van der Waals surface area contributed by atoms with Gasteiger partial charge in [-0.1, -0.05) is 0 Å². The highest BCUT2D eigenvalue weighted by Crippen LogP contribution is 2.47. The second kappa shape index (κ2) is 6.61. The zero-order valence-electron chi connectivity index (χ0n) is 15.5. The predicted octanol–water partition coefficient (Wildman–Crippen LogP) is 1.62. The Labute approximate surface area is 165 Å². The van der Waals surface area contributed by atoms with E-state index in [4.69, 9.17) is 4.74 Å². The van der Waals surface area contributed by atoms with E-state index in [9.17, 15) is 9.90 Å². The maximum atomic E-state index is 12.1. The van der Waals surface area contributed by atoms with Gasteiger partial charge in [0, 0.05) is 40.8 Å². The first-order valence-electron chi connectivity index (χ1n) is 9.45. The molecule has 1 spiro atoms. The monoisotopic (exact) mass is 399 g/mol. The van der Waals surface area contributed by atoms with Gasteiger partial charge in [0.2, 0.25) is 0 Å². The van der Waals surface area contributed by atoms with E-state index in [1.807, 2.05) is 12.4 Å². The molecule has 0 bridgehead atoms. The van der Waals surface area contributed by atoms with E-state index in [0.717, 1.165) is 29.7 Å². The quantitative estimate of drug-likeness (QED) is 0.704. The first kappa shape index (κ1) is 17.7. The van der Waals surface area contributed by atoms with Gasteiger partial charge in [0.05, 0.1) is 6.61 Å². The molecule has 9 heteroatoms. The Kier molecular flexibility index (Phi) is 4.18. The van der Waals surface area contributed by atoms with Crippen LogP contribution in [0.25, 0.3) is 16.2 Å². The number of rotatable bonds is 2. The van der Waals surface area contributed by atoms with Crippen LogP contribution >= 0.6 is 11.3 Å². The average molecular weight is 399 g/mol. The first-order valence-corrected chi connectivity index (χ1v) is 10.3. The number of hydrogen-bond acceptors (Lipinski definition) is 7. The third-order valence-electron chi connectivity index (χ3n) is 5.63. The van der Waals surface area contributed by atoms with E-state index >= 15 is 0 Å². The molecule has 28 heavy (non-hydrogen) atoms. The minimum atomic E-state index is -0.954. The van der Waals surface area contributed by atoms with Gasteiger partial charge < -0.3 is 14.7 Å². The maximum absolute atomic E-state index is 12.1. The highest BCUT2D eigenvalue weighted by atomic mass is 32.1. The second-order valence-corrected chi connectivity index (χ2v) is 8.46. The van der Waals surface area contributed by atoms with Crippen molar-refractivity contribution >= 4 is 23.0 Å². The summed E-state index contributed by atoms with van der Waals surface area (Å²) in [7, 11) is 0. The van der Waals surface area contributed by atoms with Crippen molar-refractivity contribution in [1.29, 1.82) is 0 Å². The molecule has 2 aliphatic rings. The van der Waals surface area contributed by atoms with E-state index in [1.165, 1.54) is 23.7 Å². The summed E-state index contributed by atoms with van der Waals surface area (Å²) >= 11 is 1.74. The molecule has 0 aliphatic carbocycles. The van der Waals surface area contributed by atoms with Gasteiger partial charge in [0.1, 0.15) is 18.0 Å². The molecule has 0 radical (unpaired) electrons. The van der Waals surface area contributed by atoms with Crippen LogP contribution in [0, 0.1) is 0 Å². The van der Waals surface area contributed by atoms with Gasteiger partial charge >= 0.3 is 0 Å². The van der Waals surface area contributed by atoms with Gasteiger partial charge in [-0.2, -0.15) is 10.1 Å². The number of amides is 1. The molecule has 1 amide bonds. The van der Waals surface area contributed by atoms with Gasteiger partial charge in [0.15, 0.2) is 0 Å². The van der Waals surface area contributed by atoms with Crippen LogP contribution in [0.3, 0.4) is 0 Å². The number of aliphatic hydroxyl groups excluding tert-OH is 1. The summed E-state index contributed by atoms with van der Waals surface area (Å²) in [6, 6.07) is 2.23. The summed E-state index contributed by atoms with van der Waals surface area (Å²) in [4.78, 5) is 24.7. The van der Waals surface area contributed by atoms with Crippen molar-refractivity contribution in [3.8, 4) is 10.4 Å². The molecule has 0 saturated carbocycles. The number of carbonyl (C=O) groups is 1. The fourth-order valence-electron chi connectivity index (χ4n) is 4.14. The Hall–Kier alpha value is -2.36. The lowest BCUT2D eigenvalue weighted by Crippen LogP contribution is -2.49. The van der Waals surface area contributed by atoms with Crippen molar-refractivity contribution < 1.29 is 14.6 Å². The molecule has 146 valence electrons. The van der Waals surface area contributed by atoms with Crippen molar-refractivity contribution in [3.63, 3.8) is 0 Å². The van der Waals surface area contributed by atoms with Crippen LogP contribution in [0.4, 0.5) is 0 Å². The van der Waals surface area contributed by atoms with Crippen LogP contribution in [0.15, 0.2) is 24.8 Å². The number of likely N-dealkylation sites (tertiary alicyclic amines) is 1. The number of aliphatic hydroxyl groups is 1. The van der Waals surface area contributed by atoms with Crippen LogP contribution < -0.4 is 0 Å². The number of fused-ring (bicyclic) bond motifs is 3. The van der Waals surface area contributed by atoms with Crippen LogP contribution in [-0.4, -0.2) is 61.3 Å². The summed E-state index contributed by atoms with van der Waals surface area (Å²) in [5.41, 5.74) is 1.99. The number of hydrogen-bond donors (Lipinski definition) is 1. The molecule has 3 aromatic rings. The van der Waals surface area contributed by atoms with Gasteiger partial charge in [-0.05, 0) is 37.8 Å². The highest BCUT2D eigenvalue weighted by Gasteiger charge is 2.43. The summed E-state index contributed by atoms with van der Waals surface area (Å²) in [6.45, 7) is 3.41. The normalized spacial score (nSPS) is 19.7. The lowest BCUT2D eigenvalue weighted by Gasteiger charge is -2.44. The molecule has 1 N–H and O–H groups in total. The molecular formula is C19H21N5O3S. The van der Waals surface area contributed by atoms with Crippen LogP contribution in [0.1, 0.15) is 30.2 Å².